The van der Waals surface area contributed by atoms with Crippen LogP contribution in [0.1, 0.15) is 52.4 Å². The van der Waals surface area contributed by atoms with Gasteiger partial charge in [0.15, 0.2) is 0 Å². The van der Waals surface area contributed by atoms with Gasteiger partial charge in [0.1, 0.15) is 0 Å². The van der Waals surface area contributed by atoms with E-state index in [-0.39, 0.29) is 11.8 Å². The molecule has 1 aliphatic rings. The van der Waals surface area contributed by atoms with Crippen LogP contribution in [-0.4, -0.2) is 23.2 Å². The summed E-state index contributed by atoms with van der Waals surface area (Å²) in [5.74, 6) is 0.119. The van der Waals surface area contributed by atoms with Gasteiger partial charge < -0.3 is 10.4 Å². The largest absolute Gasteiger partial charge is 0.388 e. The molecule has 0 aromatic heterocycles. The Kier molecular flexibility index (Phi) is 4.58. The summed E-state index contributed by atoms with van der Waals surface area (Å²) in [5.41, 5.74) is -0.638. The summed E-state index contributed by atoms with van der Waals surface area (Å²) >= 11 is 0. The standard InChI is InChI=1S/C12H23NO2/c1-3-10(2)11(14)13-9-12(15)7-5-4-6-8-12/h10,15H,3-9H2,1-2H3,(H,13,14). The van der Waals surface area contributed by atoms with Crippen molar-refractivity contribution >= 4 is 5.91 Å². The maximum absolute atomic E-state index is 11.5. The zero-order valence-electron chi connectivity index (χ0n) is 9.88. The van der Waals surface area contributed by atoms with E-state index in [1.54, 1.807) is 0 Å². The fraction of sp³-hybridized carbons (Fsp3) is 0.917. The molecule has 2 N–H and O–H groups in total. The van der Waals surface area contributed by atoms with E-state index >= 15 is 0 Å². The first kappa shape index (κ1) is 12.5. The van der Waals surface area contributed by atoms with Crippen molar-refractivity contribution in [1.82, 2.24) is 5.32 Å². The Labute approximate surface area is 92.3 Å². The van der Waals surface area contributed by atoms with Crippen molar-refractivity contribution in [3.8, 4) is 0 Å². The van der Waals surface area contributed by atoms with Crippen LogP contribution in [-0.2, 0) is 4.79 Å². The van der Waals surface area contributed by atoms with Crippen LogP contribution >= 0.6 is 0 Å². The van der Waals surface area contributed by atoms with Gasteiger partial charge in [-0.2, -0.15) is 0 Å². The lowest BCUT2D eigenvalue weighted by Crippen LogP contribution is -2.45. The van der Waals surface area contributed by atoms with Crippen LogP contribution in [0.5, 0.6) is 0 Å². The van der Waals surface area contributed by atoms with Gasteiger partial charge in [-0.15, -0.1) is 0 Å². The molecule has 1 aliphatic carbocycles. The zero-order valence-corrected chi connectivity index (χ0v) is 9.88. The Morgan fingerprint density at radius 1 is 1.40 bits per heavy atom. The van der Waals surface area contributed by atoms with Crippen molar-refractivity contribution in [2.75, 3.05) is 6.54 Å². The Morgan fingerprint density at radius 2 is 2.00 bits per heavy atom. The summed E-state index contributed by atoms with van der Waals surface area (Å²) in [4.78, 5) is 11.5. The highest BCUT2D eigenvalue weighted by Gasteiger charge is 2.29. The highest BCUT2D eigenvalue weighted by atomic mass is 16.3. The van der Waals surface area contributed by atoms with Gasteiger partial charge >= 0.3 is 0 Å². The van der Waals surface area contributed by atoms with Crippen molar-refractivity contribution in [2.45, 2.75) is 58.0 Å². The van der Waals surface area contributed by atoms with E-state index in [9.17, 15) is 9.90 Å². The lowest BCUT2D eigenvalue weighted by Gasteiger charge is -2.32. The first-order chi connectivity index (χ1) is 7.07. The number of carbonyl (C=O) groups is 1. The fourth-order valence-corrected chi connectivity index (χ4v) is 2.00. The van der Waals surface area contributed by atoms with Crippen molar-refractivity contribution < 1.29 is 9.90 Å². The Morgan fingerprint density at radius 3 is 2.53 bits per heavy atom. The first-order valence-corrected chi connectivity index (χ1v) is 6.07. The first-order valence-electron chi connectivity index (χ1n) is 6.07. The molecule has 0 aromatic rings. The lowest BCUT2D eigenvalue weighted by molar-refractivity contribution is -0.126. The molecule has 0 aromatic carbocycles. The second-order valence-corrected chi connectivity index (χ2v) is 4.81. The zero-order chi connectivity index (χ0) is 11.3. The average molecular weight is 213 g/mol. The molecular formula is C12H23NO2. The lowest BCUT2D eigenvalue weighted by atomic mass is 9.85. The summed E-state index contributed by atoms with van der Waals surface area (Å²) in [5, 5.41) is 13.0. The van der Waals surface area contributed by atoms with Gasteiger partial charge in [0, 0.05) is 12.5 Å². The molecule has 0 saturated heterocycles. The number of rotatable bonds is 4. The summed E-state index contributed by atoms with van der Waals surface area (Å²) in [6.45, 7) is 4.34. The van der Waals surface area contributed by atoms with Gasteiger partial charge in [0.2, 0.25) is 5.91 Å². The fourth-order valence-electron chi connectivity index (χ4n) is 2.00. The van der Waals surface area contributed by atoms with Crippen LogP contribution in [0.2, 0.25) is 0 Å². The van der Waals surface area contributed by atoms with Crippen LogP contribution in [0.4, 0.5) is 0 Å². The molecule has 0 bridgehead atoms. The molecule has 15 heavy (non-hydrogen) atoms. The van der Waals surface area contributed by atoms with E-state index in [1.807, 2.05) is 13.8 Å². The van der Waals surface area contributed by atoms with Crippen molar-refractivity contribution in [1.29, 1.82) is 0 Å². The molecule has 0 radical (unpaired) electrons. The van der Waals surface area contributed by atoms with E-state index in [0.29, 0.717) is 6.54 Å². The maximum Gasteiger partial charge on any atom is 0.222 e. The summed E-state index contributed by atoms with van der Waals surface area (Å²) in [6.07, 6.45) is 5.87. The SMILES string of the molecule is CCC(C)C(=O)NCC1(O)CCCCC1. The third-order valence-electron chi connectivity index (χ3n) is 3.44. The molecule has 1 amide bonds. The Bertz CT molecular complexity index is 210. The minimum atomic E-state index is -0.638. The highest BCUT2D eigenvalue weighted by Crippen LogP contribution is 2.27. The number of aliphatic hydroxyl groups is 1. The van der Waals surface area contributed by atoms with Crippen molar-refractivity contribution in [2.24, 2.45) is 5.92 Å². The average Bonchev–Trinajstić information content (AvgIpc) is 2.26. The number of amides is 1. The molecule has 3 nitrogen and oxygen atoms in total. The van der Waals surface area contributed by atoms with Crippen LogP contribution in [0.3, 0.4) is 0 Å². The second-order valence-electron chi connectivity index (χ2n) is 4.81. The molecule has 1 saturated carbocycles. The normalized spacial score (nSPS) is 22.1. The monoisotopic (exact) mass is 213 g/mol. The number of nitrogens with one attached hydrogen (secondary N) is 1. The molecule has 88 valence electrons. The smallest absolute Gasteiger partial charge is 0.222 e. The van der Waals surface area contributed by atoms with E-state index in [4.69, 9.17) is 0 Å². The van der Waals surface area contributed by atoms with Gasteiger partial charge in [-0.25, -0.2) is 0 Å². The third kappa shape index (κ3) is 3.82. The highest BCUT2D eigenvalue weighted by molar-refractivity contribution is 5.78. The minimum absolute atomic E-state index is 0.0530. The molecule has 1 unspecified atom stereocenters. The van der Waals surface area contributed by atoms with Crippen LogP contribution in [0.15, 0.2) is 0 Å². The molecule has 0 heterocycles. The molecule has 3 heteroatoms. The molecular weight excluding hydrogens is 190 g/mol. The van der Waals surface area contributed by atoms with Crippen LogP contribution in [0.25, 0.3) is 0 Å². The molecule has 0 spiro atoms. The Balaban J connectivity index is 2.31. The van der Waals surface area contributed by atoms with Gasteiger partial charge in [0.25, 0.3) is 0 Å². The van der Waals surface area contributed by atoms with Gasteiger partial charge in [-0.05, 0) is 19.3 Å². The van der Waals surface area contributed by atoms with Crippen molar-refractivity contribution in [3.63, 3.8) is 0 Å². The van der Waals surface area contributed by atoms with E-state index in [2.05, 4.69) is 5.32 Å². The van der Waals surface area contributed by atoms with Crippen LogP contribution < -0.4 is 5.32 Å². The maximum atomic E-state index is 11.5. The summed E-state index contributed by atoms with van der Waals surface area (Å²) in [6, 6.07) is 0. The number of hydrogen-bond donors (Lipinski definition) is 2. The molecule has 0 aliphatic heterocycles. The van der Waals surface area contributed by atoms with Crippen molar-refractivity contribution in [3.05, 3.63) is 0 Å². The molecule has 1 atom stereocenters. The number of carbonyl (C=O) groups excluding carboxylic acids is 1. The summed E-state index contributed by atoms with van der Waals surface area (Å²) < 4.78 is 0. The third-order valence-corrected chi connectivity index (χ3v) is 3.44. The van der Waals surface area contributed by atoms with Gasteiger partial charge in [-0.3, -0.25) is 4.79 Å². The second kappa shape index (κ2) is 5.50. The van der Waals surface area contributed by atoms with Gasteiger partial charge in [0.05, 0.1) is 5.60 Å². The van der Waals surface area contributed by atoms with Gasteiger partial charge in [-0.1, -0.05) is 33.1 Å². The quantitative estimate of drug-likeness (QED) is 0.748. The van der Waals surface area contributed by atoms with E-state index in [1.165, 1.54) is 6.42 Å². The molecule has 1 fully saturated rings. The summed E-state index contributed by atoms with van der Waals surface area (Å²) in [7, 11) is 0. The number of hydrogen-bond acceptors (Lipinski definition) is 2. The predicted octanol–water partition coefficient (Wildman–Crippen LogP) is 1.84. The van der Waals surface area contributed by atoms with Crippen LogP contribution in [0, 0.1) is 5.92 Å². The Hall–Kier alpha value is -0.570. The molecule has 1 rings (SSSR count). The van der Waals surface area contributed by atoms with E-state index in [0.717, 1.165) is 32.1 Å². The predicted molar refractivity (Wildman–Crippen MR) is 60.5 cm³/mol. The topological polar surface area (TPSA) is 49.3 Å². The minimum Gasteiger partial charge on any atom is -0.388 e. The van der Waals surface area contributed by atoms with E-state index < -0.39 is 5.60 Å².